The van der Waals surface area contributed by atoms with Gasteiger partial charge in [-0.05, 0) is 62.0 Å². The van der Waals surface area contributed by atoms with Gasteiger partial charge in [-0.2, -0.15) is 0 Å². The molecule has 6 heteroatoms. The number of rotatable bonds is 7. The molecule has 0 radical (unpaired) electrons. The van der Waals surface area contributed by atoms with Crippen molar-refractivity contribution < 1.29 is 4.79 Å². The lowest BCUT2D eigenvalue weighted by Crippen LogP contribution is -2.30. The summed E-state index contributed by atoms with van der Waals surface area (Å²) < 4.78 is 0. The zero-order valence-corrected chi connectivity index (χ0v) is 15.1. The van der Waals surface area contributed by atoms with Crippen molar-refractivity contribution in [3.8, 4) is 0 Å². The van der Waals surface area contributed by atoms with Gasteiger partial charge in [0, 0.05) is 30.3 Å². The molecule has 2 heterocycles. The number of hydrogen-bond donors (Lipinski definition) is 3. The number of nitrogens with two attached hydrogens (primary N) is 1. The molecule has 26 heavy (non-hydrogen) atoms. The maximum absolute atomic E-state index is 12.0. The number of piperidine rings is 1. The monoisotopic (exact) mass is 353 g/mol. The Morgan fingerprint density at radius 1 is 1.23 bits per heavy atom. The van der Waals surface area contributed by atoms with Crippen LogP contribution in [0.4, 0.5) is 0 Å². The lowest BCUT2D eigenvalue weighted by molar-refractivity contribution is -0.117. The summed E-state index contributed by atoms with van der Waals surface area (Å²) in [5.41, 5.74) is 8.03. The Morgan fingerprint density at radius 3 is 2.85 bits per heavy atom. The van der Waals surface area contributed by atoms with Crippen LogP contribution in [0.5, 0.6) is 0 Å². The van der Waals surface area contributed by atoms with Crippen LogP contribution in [0.3, 0.4) is 0 Å². The first-order valence-electron chi connectivity index (χ1n) is 9.35. The standard InChI is InChI=1S/C20H27N5O/c21-17(16-7-6-15-8-9-23-18(15)13-16)14-19(22)24-20(26)5-4-12-25-10-2-1-3-11-25/h6-9,13,21,23H,1-5,10-12,14H2,(H2,22,24,26). The Morgan fingerprint density at radius 2 is 2.04 bits per heavy atom. The number of amides is 1. The average Bonchev–Trinajstić information content (AvgIpc) is 3.10. The molecule has 2 aromatic rings. The maximum Gasteiger partial charge on any atom is 0.247 e. The number of H-pyrrole nitrogens is 1. The van der Waals surface area contributed by atoms with Gasteiger partial charge in [-0.1, -0.05) is 18.6 Å². The highest BCUT2D eigenvalue weighted by Crippen LogP contribution is 2.15. The molecule has 0 unspecified atom stereocenters. The molecule has 0 bridgehead atoms. The van der Waals surface area contributed by atoms with Crippen LogP contribution >= 0.6 is 0 Å². The minimum Gasteiger partial charge on any atom is -0.387 e. The number of amidine groups is 1. The van der Waals surface area contributed by atoms with E-state index < -0.39 is 0 Å². The molecule has 1 amide bonds. The largest absolute Gasteiger partial charge is 0.387 e. The first-order chi connectivity index (χ1) is 12.6. The van der Waals surface area contributed by atoms with Crippen molar-refractivity contribution in [2.24, 2.45) is 10.7 Å². The van der Waals surface area contributed by atoms with Gasteiger partial charge in [0.25, 0.3) is 0 Å². The van der Waals surface area contributed by atoms with Gasteiger partial charge in [0.2, 0.25) is 5.91 Å². The second kappa shape index (κ2) is 8.76. The maximum atomic E-state index is 12.0. The predicted molar refractivity (Wildman–Crippen MR) is 106 cm³/mol. The molecule has 1 fully saturated rings. The first kappa shape index (κ1) is 18.3. The van der Waals surface area contributed by atoms with Gasteiger partial charge in [-0.15, -0.1) is 0 Å². The zero-order valence-electron chi connectivity index (χ0n) is 15.1. The van der Waals surface area contributed by atoms with Crippen LogP contribution in [-0.2, 0) is 4.79 Å². The van der Waals surface area contributed by atoms with Gasteiger partial charge in [-0.3, -0.25) is 4.79 Å². The molecule has 1 aliphatic heterocycles. The number of carbonyl (C=O) groups excluding carboxylic acids is 1. The van der Waals surface area contributed by atoms with Crippen molar-refractivity contribution in [3.63, 3.8) is 0 Å². The normalized spacial score (nSPS) is 16.1. The molecule has 0 spiro atoms. The highest BCUT2D eigenvalue weighted by molar-refractivity contribution is 6.12. The van der Waals surface area contributed by atoms with Crippen molar-refractivity contribution in [1.82, 2.24) is 9.88 Å². The van der Waals surface area contributed by atoms with Crippen molar-refractivity contribution in [1.29, 1.82) is 5.41 Å². The van der Waals surface area contributed by atoms with Gasteiger partial charge in [0.1, 0.15) is 5.84 Å². The summed E-state index contributed by atoms with van der Waals surface area (Å²) in [4.78, 5) is 21.5. The van der Waals surface area contributed by atoms with Crippen LogP contribution in [0.25, 0.3) is 10.9 Å². The second-order valence-electron chi connectivity index (χ2n) is 6.94. The third kappa shape index (κ3) is 5.02. The molecule has 1 aromatic carbocycles. The quantitative estimate of drug-likeness (QED) is 0.527. The summed E-state index contributed by atoms with van der Waals surface area (Å²) in [6.07, 6.45) is 7.12. The van der Waals surface area contributed by atoms with E-state index in [1.807, 2.05) is 30.5 Å². The molecular formula is C20H27N5O. The Bertz CT molecular complexity index is 801. The van der Waals surface area contributed by atoms with E-state index in [1.54, 1.807) is 0 Å². The number of aliphatic imine (C=N–C) groups is 1. The molecule has 138 valence electrons. The third-order valence-corrected chi connectivity index (χ3v) is 4.84. The van der Waals surface area contributed by atoms with E-state index in [4.69, 9.17) is 11.1 Å². The van der Waals surface area contributed by atoms with Crippen LogP contribution in [-0.4, -0.2) is 47.0 Å². The lowest BCUT2D eigenvalue weighted by Gasteiger charge is -2.25. The van der Waals surface area contributed by atoms with Gasteiger partial charge < -0.3 is 21.0 Å². The number of hydrogen-bond acceptors (Lipinski definition) is 3. The van der Waals surface area contributed by atoms with E-state index in [2.05, 4.69) is 14.9 Å². The number of benzene rings is 1. The van der Waals surface area contributed by atoms with E-state index in [1.165, 1.54) is 19.3 Å². The van der Waals surface area contributed by atoms with Gasteiger partial charge in [0.15, 0.2) is 0 Å². The van der Waals surface area contributed by atoms with Gasteiger partial charge in [-0.25, -0.2) is 4.99 Å². The number of aromatic nitrogens is 1. The summed E-state index contributed by atoms with van der Waals surface area (Å²) in [6.45, 7) is 3.23. The van der Waals surface area contributed by atoms with E-state index in [0.717, 1.165) is 42.5 Å². The van der Waals surface area contributed by atoms with Crippen LogP contribution in [0.1, 0.15) is 44.1 Å². The van der Waals surface area contributed by atoms with Crippen molar-refractivity contribution >= 4 is 28.4 Å². The smallest absolute Gasteiger partial charge is 0.247 e. The minimum atomic E-state index is -0.188. The summed E-state index contributed by atoms with van der Waals surface area (Å²) in [6, 6.07) is 7.77. The lowest BCUT2D eigenvalue weighted by atomic mass is 10.1. The highest BCUT2D eigenvalue weighted by Gasteiger charge is 2.11. The Balaban J connectivity index is 1.47. The second-order valence-corrected chi connectivity index (χ2v) is 6.94. The van der Waals surface area contributed by atoms with Crippen molar-refractivity contribution in [2.45, 2.75) is 38.5 Å². The Labute approximate surface area is 154 Å². The molecule has 4 N–H and O–H groups in total. The molecule has 1 aliphatic rings. The van der Waals surface area contributed by atoms with Crippen molar-refractivity contribution in [3.05, 3.63) is 36.0 Å². The SMILES string of the molecule is N=C(CC(N)=NC(=O)CCCN1CCCCC1)c1ccc2cc[nH]c2c1. The number of likely N-dealkylation sites (tertiary alicyclic amines) is 1. The van der Waals surface area contributed by atoms with Crippen LogP contribution in [0, 0.1) is 5.41 Å². The van der Waals surface area contributed by atoms with Crippen LogP contribution in [0.2, 0.25) is 0 Å². The average molecular weight is 353 g/mol. The number of fused-ring (bicyclic) bond motifs is 1. The summed E-state index contributed by atoms with van der Waals surface area (Å²) >= 11 is 0. The molecule has 6 nitrogen and oxygen atoms in total. The molecule has 0 saturated carbocycles. The Kier molecular flexibility index (Phi) is 6.17. The number of nitrogens with one attached hydrogen (secondary N) is 2. The van der Waals surface area contributed by atoms with Gasteiger partial charge >= 0.3 is 0 Å². The Hall–Kier alpha value is -2.47. The van der Waals surface area contributed by atoms with E-state index in [-0.39, 0.29) is 18.2 Å². The first-order valence-corrected chi connectivity index (χ1v) is 9.35. The van der Waals surface area contributed by atoms with Crippen LogP contribution in [0.15, 0.2) is 35.5 Å². The molecule has 0 atom stereocenters. The number of nitrogens with zero attached hydrogens (tertiary/aromatic N) is 2. The molecule has 1 saturated heterocycles. The summed E-state index contributed by atoms with van der Waals surface area (Å²) in [7, 11) is 0. The summed E-state index contributed by atoms with van der Waals surface area (Å²) in [5, 5.41) is 9.32. The van der Waals surface area contributed by atoms with Gasteiger partial charge in [0.05, 0.1) is 0 Å². The molecule has 3 rings (SSSR count). The fourth-order valence-electron chi connectivity index (χ4n) is 3.41. The topological polar surface area (TPSA) is 98.3 Å². The fraction of sp³-hybridized carbons (Fsp3) is 0.450. The van der Waals surface area contributed by atoms with Crippen LogP contribution < -0.4 is 5.73 Å². The van der Waals surface area contributed by atoms with Crippen molar-refractivity contribution in [2.75, 3.05) is 19.6 Å². The summed E-state index contributed by atoms with van der Waals surface area (Å²) in [5.74, 6) is 0.0247. The number of aromatic amines is 1. The van der Waals surface area contributed by atoms with E-state index in [9.17, 15) is 4.79 Å². The highest BCUT2D eigenvalue weighted by atomic mass is 16.1. The molecule has 0 aliphatic carbocycles. The predicted octanol–water partition coefficient (Wildman–Crippen LogP) is 3.08. The minimum absolute atomic E-state index is 0.185. The van der Waals surface area contributed by atoms with E-state index in [0.29, 0.717) is 12.1 Å². The van der Waals surface area contributed by atoms with E-state index >= 15 is 0 Å². The third-order valence-electron chi connectivity index (χ3n) is 4.84. The zero-order chi connectivity index (χ0) is 18.4. The fourth-order valence-corrected chi connectivity index (χ4v) is 3.41. The molecular weight excluding hydrogens is 326 g/mol. The molecule has 1 aromatic heterocycles. The number of carbonyl (C=O) groups is 1.